The maximum absolute atomic E-state index is 12.7. The lowest BCUT2D eigenvalue weighted by molar-refractivity contribution is -0.138. The lowest BCUT2D eigenvalue weighted by Crippen LogP contribution is -2.27. The summed E-state index contributed by atoms with van der Waals surface area (Å²) in [7, 11) is -1.87. The Morgan fingerprint density at radius 2 is 1.83 bits per heavy atom. The second kappa shape index (κ2) is 4.87. The summed E-state index contributed by atoms with van der Waals surface area (Å²) in [5.41, 5.74) is -1.33. The molecular weight excluding hydrogens is 271 g/mol. The van der Waals surface area contributed by atoms with Crippen LogP contribution < -0.4 is 0 Å². The van der Waals surface area contributed by atoms with Gasteiger partial charge in [0.15, 0.2) is 0 Å². The molecule has 0 heterocycles. The molecule has 0 amide bonds. The van der Waals surface area contributed by atoms with Crippen LogP contribution in [0.3, 0.4) is 0 Å². The van der Waals surface area contributed by atoms with Gasteiger partial charge in [0.05, 0.1) is 17.6 Å². The van der Waals surface area contributed by atoms with Crippen molar-refractivity contribution >= 4 is 10.0 Å². The van der Waals surface area contributed by atoms with Crippen LogP contribution in [-0.2, 0) is 21.0 Å². The average molecular weight is 283 g/mol. The summed E-state index contributed by atoms with van der Waals surface area (Å²) < 4.78 is 62.3. The Bertz CT molecular complexity index is 540. The molecule has 0 atom stereocenters. The van der Waals surface area contributed by atoms with Gasteiger partial charge in [0.2, 0.25) is 0 Å². The molecule has 0 aliphatic rings. The third-order valence-electron chi connectivity index (χ3n) is 2.46. The van der Waals surface area contributed by atoms with Crippen LogP contribution in [0.15, 0.2) is 23.1 Å². The van der Waals surface area contributed by atoms with Crippen molar-refractivity contribution in [1.29, 1.82) is 0 Å². The summed E-state index contributed by atoms with van der Waals surface area (Å²) in [6.07, 6.45) is -4.60. The van der Waals surface area contributed by atoms with Gasteiger partial charge < -0.3 is 0 Å². The third-order valence-corrected chi connectivity index (χ3v) is 4.29. The number of alkyl halides is 3. The summed E-state index contributed by atoms with van der Waals surface area (Å²) in [5, 5.41) is 0. The van der Waals surface area contributed by atoms with E-state index in [-0.39, 0.29) is 5.56 Å². The molecule has 4 nitrogen and oxygen atoms in total. The Hall–Kier alpha value is -1.12. The van der Waals surface area contributed by atoms with Gasteiger partial charge in [-0.15, -0.1) is 0 Å². The average Bonchev–Trinajstić information content (AvgIpc) is 2.26. The van der Waals surface area contributed by atoms with Gasteiger partial charge in [-0.1, -0.05) is 10.5 Å². The second-order valence-electron chi connectivity index (χ2n) is 3.52. The van der Waals surface area contributed by atoms with Gasteiger partial charge in [0.25, 0.3) is 10.0 Å². The molecule has 8 heteroatoms. The summed E-state index contributed by atoms with van der Waals surface area (Å²) in [6.45, 7) is 1.11. The molecule has 0 unspecified atom stereocenters. The molecule has 0 spiro atoms. The molecule has 1 aromatic rings. The molecule has 102 valence electrons. The van der Waals surface area contributed by atoms with E-state index in [1.54, 1.807) is 0 Å². The van der Waals surface area contributed by atoms with Crippen LogP contribution in [0.2, 0.25) is 0 Å². The van der Waals surface area contributed by atoms with Crippen molar-refractivity contribution in [2.75, 3.05) is 14.2 Å². The molecule has 0 bridgehead atoms. The zero-order chi connectivity index (χ0) is 14.1. The molecule has 0 fully saturated rings. The van der Waals surface area contributed by atoms with E-state index >= 15 is 0 Å². The molecule has 0 radical (unpaired) electrons. The first-order chi connectivity index (χ1) is 8.12. The second-order valence-corrected chi connectivity index (χ2v) is 5.43. The van der Waals surface area contributed by atoms with Gasteiger partial charge >= 0.3 is 6.18 Å². The normalized spacial score (nSPS) is 13.1. The Morgan fingerprint density at radius 3 is 2.28 bits per heavy atom. The molecule has 0 aliphatic heterocycles. The monoisotopic (exact) mass is 283 g/mol. The first-order valence-corrected chi connectivity index (χ1v) is 6.26. The van der Waals surface area contributed by atoms with Crippen molar-refractivity contribution in [3.05, 3.63) is 29.3 Å². The minimum absolute atomic E-state index is 0.353. The van der Waals surface area contributed by atoms with Crippen molar-refractivity contribution in [1.82, 2.24) is 4.47 Å². The molecule has 18 heavy (non-hydrogen) atoms. The number of benzene rings is 1. The fourth-order valence-corrected chi connectivity index (χ4v) is 2.66. The molecule has 0 aliphatic carbocycles. The summed E-state index contributed by atoms with van der Waals surface area (Å²) in [5.74, 6) is 0. The van der Waals surface area contributed by atoms with E-state index in [1.165, 1.54) is 0 Å². The quantitative estimate of drug-likeness (QED) is 0.799. The number of hydroxylamine groups is 1. The van der Waals surface area contributed by atoms with Crippen LogP contribution in [-0.4, -0.2) is 27.0 Å². The fourth-order valence-electron chi connectivity index (χ4n) is 1.44. The van der Waals surface area contributed by atoms with Crippen LogP contribution in [0, 0.1) is 6.92 Å². The van der Waals surface area contributed by atoms with Crippen molar-refractivity contribution < 1.29 is 26.4 Å². The third kappa shape index (κ3) is 2.65. The number of rotatable bonds is 3. The lowest BCUT2D eigenvalue weighted by Gasteiger charge is -2.18. The van der Waals surface area contributed by atoms with Gasteiger partial charge in [-0.25, -0.2) is 8.42 Å². The van der Waals surface area contributed by atoms with Gasteiger partial charge in [-0.05, 0) is 24.6 Å². The highest BCUT2D eigenvalue weighted by Gasteiger charge is 2.35. The molecule has 0 saturated heterocycles. The SMILES string of the molecule is CON(C)S(=O)(=O)c1cccc(C(F)(F)F)c1C. The van der Waals surface area contributed by atoms with E-state index in [9.17, 15) is 21.6 Å². The Balaban J connectivity index is 3.46. The largest absolute Gasteiger partial charge is 0.416 e. The van der Waals surface area contributed by atoms with E-state index in [2.05, 4.69) is 4.84 Å². The van der Waals surface area contributed by atoms with Crippen LogP contribution in [0.25, 0.3) is 0 Å². The zero-order valence-electron chi connectivity index (χ0n) is 9.95. The van der Waals surface area contributed by atoms with Gasteiger partial charge in [0.1, 0.15) is 0 Å². The fraction of sp³-hybridized carbons (Fsp3) is 0.400. The van der Waals surface area contributed by atoms with Gasteiger partial charge in [0, 0.05) is 7.05 Å². The predicted octanol–water partition coefficient (Wildman–Crippen LogP) is 2.20. The maximum atomic E-state index is 12.7. The van der Waals surface area contributed by atoms with E-state index < -0.39 is 26.7 Å². The Kier molecular flexibility index (Phi) is 4.04. The lowest BCUT2D eigenvalue weighted by atomic mass is 10.1. The smallest absolute Gasteiger partial charge is 0.288 e. The van der Waals surface area contributed by atoms with E-state index in [0.717, 1.165) is 39.3 Å². The molecule has 1 aromatic carbocycles. The molecule has 0 saturated carbocycles. The highest BCUT2D eigenvalue weighted by atomic mass is 32.2. The summed E-state index contributed by atoms with van der Waals surface area (Å²) in [4.78, 5) is 4.08. The Morgan fingerprint density at radius 1 is 1.28 bits per heavy atom. The van der Waals surface area contributed by atoms with E-state index in [4.69, 9.17) is 0 Å². The first kappa shape index (κ1) is 14.9. The molecule has 0 N–H and O–H groups in total. The van der Waals surface area contributed by atoms with Crippen molar-refractivity contribution in [2.24, 2.45) is 0 Å². The number of nitrogens with zero attached hydrogens (tertiary/aromatic N) is 1. The van der Waals surface area contributed by atoms with Crippen molar-refractivity contribution in [3.63, 3.8) is 0 Å². The molecule has 1 rings (SSSR count). The number of halogens is 3. The van der Waals surface area contributed by atoms with E-state index in [0.29, 0.717) is 4.47 Å². The predicted molar refractivity (Wildman–Crippen MR) is 58.1 cm³/mol. The van der Waals surface area contributed by atoms with Crippen LogP contribution in [0.5, 0.6) is 0 Å². The summed E-state index contributed by atoms with van der Waals surface area (Å²) in [6, 6.07) is 2.99. The molecule has 0 aromatic heterocycles. The highest BCUT2D eigenvalue weighted by Crippen LogP contribution is 2.34. The maximum Gasteiger partial charge on any atom is 0.416 e. The standard InChI is InChI=1S/C10H12F3NO3S/c1-7-8(10(11,12)13)5-4-6-9(7)18(15,16)14(2)17-3/h4-6H,1-3H3. The minimum atomic E-state index is -4.60. The number of hydrogen-bond acceptors (Lipinski definition) is 3. The van der Waals surface area contributed by atoms with Crippen molar-refractivity contribution in [2.45, 2.75) is 18.0 Å². The van der Waals surface area contributed by atoms with Gasteiger partial charge in [-0.2, -0.15) is 13.2 Å². The molecular formula is C10H12F3NO3S. The Labute approximate surface area is 103 Å². The highest BCUT2D eigenvalue weighted by molar-refractivity contribution is 7.89. The summed E-state index contributed by atoms with van der Waals surface area (Å²) >= 11 is 0. The minimum Gasteiger partial charge on any atom is -0.288 e. The number of hydrogen-bond donors (Lipinski definition) is 0. The first-order valence-electron chi connectivity index (χ1n) is 4.82. The van der Waals surface area contributed by atoms with E-state index in [1.807, 2.05) is 0 Å². The number of sulfonamides is 1. The van der Waals surface area contributed by atoms with Gasteiger partial charge in [-0.3, -0.25) is 4.84 Å². The van der Waals surface area contributed by atoms with Crippen molar-refractivity contribution in [3.8, 4) is 0 Å². The van der Waals surface area contributed by atoms with Crippen LogP contribution in [0.4, 0.5) is 13.2 Å². The zero-order valence-corrected chi connectivity index (χ0v) is 10.8. The topological polar surface area (TPSA) is 46.6 Å². The van der Waals surface area contributed by atoms with Crippen LogP contribution >= 0.6 is 0 Å². The van der Waals surface area contributed by atoms with Crippen LogP contribution in [0.1, 0.15) is 11.1 Å².